The molecule has 0 amide bonds. The van der Waals surface area contributed by atoms with Crippen molar-refractivity contribution in [2.75, 3.05) is 0 Å². The third-order valence-electron chi connectivity index (χ3n) is 2.70. The molecular weight excluding hydrogens is 144 g/mol. The van der Waals surface area contributed by atoms with Gasteiger partial charge in [0.1, 0.15) is 0 Å². The smallest absolute Gasteiger partial charge is 0.306 e. The van der Waals surface area contributed by atoms with Gasteiger partial charge in [0, 0.05) is 0 Å². The van der Waals surface area contributed by atoms with Crippen LogP contribution in [0.25, 0.3) is 0 Å². The molecule has 2 fully saturated rings. The SMILES string of the molecule is O=C(O)[C@H]1C[C@@H]1C(O)C1CC1. The molecule has 2 saturated carbocycles. The first kappa shape index (κ1) is 7.10. The molecule has 0 spiro atoms. The van der Waals surface area contributed by atoms with Crippen LogP contribution in [-0.2, 0) is 4.79 Å². The maximum Gasteiger partial charge on any atom is 0.306 e. The highest BCUT2D eigenvalue weighted by Crippen LogP contribution is 2.48. The summed E-state index contributed by atoms with van der Waals surface area (Å²) in [4.78, 5) is 10.4. The molecule has 2 N–H and O–H groups in total. The number of hydrogen-bond acceptors (Lipinski definition) is 2. The Bertz CT molecular complexity index is 186. The zero-order valence-electron chi connectivity index (χ0n) is 6.23. The van der Waals surface area contributed by atoms with Crippen LogP contribution in [-0.4, -0.2) is 22.3 Å². The van der Waals surface area contributed by atoms with E-state index in [9.17, 15) is 9.90 Å². The van der Waals surface area contributed by atoms with Crippen LogP contribution < -0.4 is 0 Å². The van der Waals surface area contributed by atoms with Gasteiger partial charge in [-0.05, 0) is 31.1 Å². The normalized spacial score (nSPS) is 38.3. The van der Waals surface area contributed by atoms with E-state index in [-0.39, 0.29) is 17.9 Å². The highest BCUT2D eigenvalue weighted by Gasteiger charge is 2.51. The zero-order valence-corrected chi connectivity index (χ0v) is 6.23. The molecule has 2 aliphatic carbocycles. The van der Waals surface area contributed by atoms with Crippen LogP contribution >= 0.6 is 0 Å². The molecule has 0 heterocycles. The Labute approximate surface area is 65.0 Å². The maximum atomic E-state index is 10.4. The first-order valence-corrected chi connectivity index (χ1v) is 4.11. The summed E-state index contributed by atoms with van der Waals surface area (Å²) in [5, 5.41) is 18.0. The lowest BCUT2D eigenvalue weighted by Crippen LogP contribution is -2.15. The molecule has 0 bridgehead atoms. The van der Waals surface area contributed by atoms with Crippen molar-refractivity contribution in [1.82, 2.24) is 0 Å². The van der Waals surface area contributed by atoms with Crippen LogP contribution in [0.15, 0.2) is 0 Å². The first-order chi connectivity index (χ1) is 5.20. The van der Waals surface area contributed by atoms with Crippen molar-refractivity contribution in [3.8, 4) is 0 Å². The molecule has 0 saturated heterocycles. The van der Waals surface area contributed by atoms with Gasteiger partial charge in [-0.15, -0.1) is 0 Å². The molecule has 62 valence electrons. The van der Waals surface area contributed by atoms with Gasteiger partial charge in [-0.1, -0.05) is 0 Å². The zero-order chi connectivity index (χ0) is 8.01. The summed E-state index contributed by atoms with van der Waals surface area (Å²) in [5.41, 5.74) is 0. The van der Waals surface area contributed by atoms with Gasteiger partial charge in [0.25, 0.3) is 0 Å². The number of carboxylic acids is 1. The van der Waals surface area contributed by atoms with Crippen LogP contribution in [0.1, 0.15) is 19.3 Å². The molecule has 11 heavy (non-hydrogen) atoms. The van der Waals surface area contributed by atoms with E-state index in [2.05, 4.69) is 0 Å². The summed E-state index contributed by atoms with van der Waals surface area (Å²) in [6.45, 7) is 0. The van der Waals surface area contributed by atoms with Crippen molar-refractivity contribution in [3.05, 3.63) is 0 Å². The number of aliphatic hydroxyl groups is 1. The Morgan fingerprint density at radius 3 is 2.45 bits per heavy atom. The molecule has 3 nitrogen and oxygen atoms in total. The lowest BCUT2D eigenvalue weighted by molar-refractivity contribution is -0.139. The highest BCUT2D eigenvalue weighted by atomic mass is 16.4. The van der Waals surface area contributed by atoms with Crippen molar-refractivity contribution in [2.24, 2.45) is 17.8 Å². The second-order valence-electron chi connectivity index (χ2n) is 3.67. The van der Waals surface area contributed by atoms with Gasteiger partial charge in [0.2, 0.25) is 0 Å². The topological polar surface area (TPSA) is 57.5 Å². The Morgan fingerprint density at radius 2 is 2.09 bits per heavy atom. The van der Waals surface area contributed by atoms with E-state index >= 15 is 0 Å². The lowest BCUT2D eigenvalue weighted by Gasteiger charge is -2.05. The number of aliphatic carboxylic acids is 1. The lowest BCUT2D eigenvalue weighted by atomic mass is 10.1. The molecular formula is C8H12O3. The van der Waals surface area contributed by atoms with Gasteiger partial charge in [0.05, 0.1) is 12.0 Å². The number of rotatable bonds is 3. The molecule has 0 aromatic rings. The van der Waals surface area contributed by atoms with Crippen LogP contribution in [0.2, 0.25) is 0 Å². The molecule has 0 radical (unpaired) electrons. The molecule has 0 aromatic heterocycles. The molecule has 1 unspecified atom stereocenters. The van der Waals surface area contributed by atoms with Crippen LogP contribution in [0.3, 0.4) is 0 Å². The van der Waals surface area contributed by atoms with Gasteiger partial charge in [0.15, 0.2) is 0 Å². The summed E-state index contributed by atoms with van der Waals surface area (Å²) in [7, 11) is 0. The fourth-order valence-corrected chi connectivity index (χ4v) is 1.66. The number of hydrogen-bond donors (Lipinski definition) is 2. The maximum absolute atomic E-state index is 10.4. The Hall–Kier alpha value is -0.570. The Balaban J connectivity index is 1.84. The van der Waals surface area contributed by atoms with E-state index in [4.69, 9.17) is 5.11 Å². The molecule has 0 aliphatic heterocycles. The summed E-state index contributed by atoms with van der Waals surface area (Å²) >= 11 is 0. The molecule has 2 rings (SSSR count). The fourth-order valence-electron chi connectivity index (χ4n) is 1.66. The summed E-state index contributed by atoms with van der Waals surface area (Å²) in [6.07, 6.45) is 2.54. The monoisotopic (exact) mass is 156 g/mol. The van der Waals surface area contributed by atoms with Crippen molar-refractivity contribution in [2.45, 2.75) is 25.4 Å². The molecule has 0 aromatic carbocycles. The first-order valence-electron chi connectivity index (χ1n) is 4.11. The standard InChI is InChI=1S/C8H12O3/c9-7(4-1-2-4)5-3-6(5)8(10)11/h4-7,9H,1-3H2,(H,10,11)/t5-,6-,7?/m0/s1. The third-order valence-corrected chi connectivity index (χ3v) is 2.70. The molecule has 3 atom stereocenters. The van der Waals surface area contributed by atoms with Crippen LogP contribution in [0.4, 0.5) is 0 Å². The second kappa shape index (κ2) is 2.21. The molecule has 2 aliphatic rings. The van der Waals surface area contributed by atoms with Gasteiger partial charge in [-0.2, -0.15) is 0 Å². The number of carbonyl (C=O) groups is 1. The fraction of sp³-hybridized carbons (Fsp3) is 0.875. The average molecular weight is 156 g/mol. The highest BCUT2D eigenvalue weighted by molar-refractivity contribution is 5.73. The van der Waals surface area contributed by atoms with Crippen molar-refractivity contribution in [3.63, 3.8) is 0 Å². The number of aliphatic hydroxyl groups excluding tert-OH is 1. The van der Waals surface area contributed by atoms with Gasteiger partial charge in [-0.3, -0.25) is 4.79 Å². The Kier molecular flexibility index (Phi) is 1.42. The van der Waals surface area contributed by atoms with Crippen molar-refractivity contribution in [1.29, 1.82) is 0 Å². The van der Waals surface area contributed by atoms with Gasteiger partial charge >= 0.3 is 5.97 Å². The van der Waals surface area contributed by atoms with Crippen molar-refractivity contribution >= 4 is 5.97 Å². The van der Waals surface area contributed by atoms with E-state index in [1.54, 1.807) is 0 Å². The van der Waals surface area contributed by atoms with E-state index in [0.717, 1.165) is 12.8 Å². The minimum absolute atomic E-state index is 0.0694. The number of carboxylic acid groups (broad SMARTS) is 1. The Morgan fingerprint density at radius 1 is 1.45 bits per heavy atom. The minimum atomic E-state index is -0.741. The van der Waals surface area contributed by atoms with E-state index in [1.807, 2.05) is 0 Å². The predicted molar refractivity (Wildman–Crippen MR) is 38.0 cm³/mol. The second-order valence-corrected chi connectivity index (χ2v) is 3.67. The van der Waals surface area contributed by atoms with E-state index in [1.165, 1.54) is 0 Å². The average Bonchev–Trinajstić information content (AvgIpc) is 2.83. The minimum Gasteiger partial charge on any atom is -0.481 e. The van der Waals surface area contributed by atoms with E-state index in [0.29, 0.717) is 12.3 Å². The largest absolute Gasteiger partial charge is 0.481 e. The van der Waals surface area contributed by atoms with Crippen LogP contribution in [0, 0.1) is 17.8 Å². The van der Waals surface area contributed by atoms with Gasteiger partial charge in [-0.25, -0.2) is 0 Å². The summed E-state index contributed by atoms with van der Waals surface area (Å²) in [5.74, 6) is -0.496. The predicted octanol–water partition coefficient (Wildman–Crippen LogP) is 0.478. The van der Waals surface area contributed by atoms with Crippen molar-refractivity contribution < 1.29 is 15.0 Å². The quantitative estimate of drug-likeness (QED) is 0.624. The summed E-state index contributed by atoms with van der Waals surface area (Å²) < 4.78 is 0. The molecule has 3 heteroatoms. The van der Waals surface area contributed by atoms with E-state index < -0.39 is 5.97 Å². The van der Waals surface area contributed by atoms with Gasteiger partial charge < -0.3 is 10.2 Å². The summed E-state index contributed by atoms with van der Waals surface area (Å²) in [6, 6.07) is 0. The van der Waals surface area contributed by atoms with Crippen LogP contribution in [0.5, 0.6) is 0 Å². The third kappa shape index (κ3) is 1.25.